The minimum absolute atomic E-state index is 0.847. The van der Waals surface area contributed by atoms with Crippen molar-refractivity contribution >= 4 is 11.9 Å². The van der Waals surface area contributed by atoms with Gasteiger partial charge in [-0.2, -0.15) is 0 Å². The number of hydrogen-bond acceptors (Lipinski definition) is 4. The van der Waals surface area contributed by atoms with Crippen molar-refractivity contribution in [1.29, 1.82) is 0 Å². The van der Waals surface area contributed by atoms with E-state index in [1.165, 1.54) is 50.9 Å². The quantitative estimate of drug-likeness (QED) is 0.569. The van der Waals surface area contributed by atoms with E-state index in [1.807, 2.05) is 0 Å². The maximum atomic E-state index is 9.10. The predicted molar refractivity (Wildman–Crippen MR) is 101 cm³/mol. The SMILES string of the molecule is Cc1ccc(OCCCCCN2CCC(C)CC2)cc1.O=C(O)C(=O)O. The summed E-state index contributed by atoms with van der Waals surface area (Å²) in [7, 11) is 0. The number of nitrogens with zero attached hydrogens (tertiary/aromatic N) is 1. The van der Waals surface area contributed by atoms with Crippen LogP contribution < -0.4 is 4.74 Å². The Morgan fingerprint density at radius 2 is 1.62 bits per heavy atom. The molecule has 1 aliphatic heterocycles. The highest BCUT2D eigenvalue weighted by Crippen LogP contribution is 2.16. The lowest BCUT2D eigenvalue weighted by molar-refractivity contribution is -0.159. The number of aliphatic carboxylic acids is 2. The number of carboxylic acids is 2. The molecule has 0 atom stereocenters. The maximum absolute atomic E-state index is 9.10. The Bertz CT molecular complexity index is 524. The van der Waals surface area contributed by atoms with Gasteiger partial charge in [0.25, 0.3) is 0 Å². The Morgan fingerprint density at radius 1 is 1.04 bits per heavy atom. The number of carboxylic acid groups (broad SMARTS) is 2. The van der Waals surface area contributed by atoms with Crippen LogP contribution in [0.5, 0.6) is 5.75 Å². The van der Waals surface area contributed by atoms with Gasteiger partial charge >= 0.3 is 11.9 Å². The number of unbranched alkanes of at least 4 members (excludes halogenated alkanes) is 2. The Balaban J connectivity index is 0.000000487. The Labute approximate surface area is 155 Å². The van der Waals surface area contributed by atoms with E-state index in [0.29, 0.717) is 0 Å². The first kappa shape index (κ1) is 22.0. The fraction of sp³-hybridized carbons (Fsp3) is 0.600. The molecule has 6 heteroatoms. The van der Waals surface area contributed by atoms with Crippen molar-refractivity contribution in [3.05, 3.63) is 29.8 Å². The smallest absolute Gasteiger partial charge is 0.414 e. The Hall–Kier alpha value is -2.08. The summed E-state index contributed by atoms with van der Waals surface area (Å²) in [6.07, 6.45) is 6.52. The molecule has 6 nitrogen and oxygen atoms in total. The van der Waals surface area contributed by atoms with E-state index in [-0.39, 0.29) is 0 Å². The molecule has 26 heavy (non-hydrogen) atoms. The van der Waals surface area contributed by atoms with E-state index in [9.17, 15) is 0 Å². The summed E-state index contributed by atoms with van der Waals surface area (Å²) in [6.45, 7) is 9.21. The van der Waals surface area contributed by atoms with Gasteiger partial charge in [0, 0.05) is 0 Å². The monoisotopic (exact) mass is 365 g/mol. The molecule has 0 unspecified atom stereocenters. The van der Waals surface area contributed by atoms with Gasteiger partial charge in [-0.25, -0.2) is 9.59 Å². The molecule has 2 N–H and O–H groups in total. The molecule has 0 amide bonds. The Kier molecular flexibility index (Phi) is 10.4. The molecule has 2 rings (SSSR count). The van der Waals surface area contributed by atoms with Gasteiger partial charge in [0.05, 0.1) is 6.61 Å². The van der Waals surface area contributed by atoms with E-state index in [2.05, 4.69) is 43.0 Å². The van der Waals surface area contributed by atoms with Crippen molar-refractivity contribution in [3.8, 4) is 5.75 Å². The molecule has 0 spiro atoms. The van der Waals surface area contributed by atoms with E-state index in [0.717, 1.165) is 24.7 Å². The van der Waals surface area contributed by atoms with Crippen molar-refractivity contribution in [2.75, 3.05) is 26.2 Å². The third kappa shape index (κ3) is 10.0. The molecule has 146 valence electrons. The second-order valence-corrected chi connectivity index (χ2v) is 6.86. The molecule has 0 radical (unpaired) electrons. The van der Waals surface area contributed by atoms with E-state index in [1.54, 1.807) is 0 Å². The van der Waals surface area contributed by atoms with Crippen LogP contribution in [-0.2, 0) is 9.59 Å². The van der Waals surface area contributed by atoms with E-state index >= 15 is 0 Å². The summed E-state index contributed by atoms with van der Waals surface area (Å²) in [4.78, 5) is 20.8. The summed E-state index contributed by atoms with van der Waals surface area (Å²) in [5.41, 5.74) is 1.29. The minimum atomic E-state index is -1.82. The normalized spacial score (nSPS) is 15.0. The van der Waals surface area contributed by atoms with E-state index in [4.69, 9.17) is 24.5 Å². The number of carbonyl (C=O) groups is 2. The first-order valence-corrected chi connectivity index (χ1v) is 9.26. The van der Waals surface area contributed by atoms with Crippen LogP contribution in [0.25, 0.3) is 0 Å². The Morgan fingerprint density at radius 3 is 2.15 bits per heavy atom. The van der Waals surface area contributed by atoms with Crippen LogP contribution >= 0.6 is 0 Å². The molecule has 1 aliphatic rings. The highest BCUT2D eigenvalue weighted by Gasteiger charge is 2.14. The highest BCUT2D eigenvalue weighted by atomic mass is 16.5. The summed E-state index contributed by atoms with van der Waals surface area (Å²) in [6, 6.07) is 8.33. The minimum Gasteiger partial charge on any atom is -0.494 e. The molecule has 0 aliphatic carbocycles. The van der Waals surface area contributed by atoms with Gasteiger partial charge in [-0.05, 0) is 76.7 Å². The number of ether oxygens (including phenoxy) is 1. The lowest BCUT2D eigenvalue weighted by Crippen LogP contribution is -2.33. The molecule has 0 saturated carbocycles. The summed E-state index contributed by atoms with van der Waals surface area (Å²) in [5.74, 6) is -1.71. The summed E-state index contributed by atoms with van der Waals surface area (Å²) >= 11 is 0. The number of likely N-dealkylation sites (tertiary alicyclic amines) is 1. The van der Waals surface area contributed by atoms with Crippen molar-refractivity contribution < 1.29 is 24.5 Å². The van der Waals surface area contributed by atoms with Crippen LogP contribution in [0.3, 0.4) is 0 Å². The average Bonchev–Trinajstić information content (AvgIpc) is 2.61. The van der Waals surface area contributed by atoms with E-state index < -0.39 is 11.9 Å². The van der Waals surface area contributed by atoms with Crippen molar-refractivity contribution in [3.63, 3.8) is 0 Å². The first-order chi connectivity index (χ1) is 12.4. The van der Waals surface area contributed by atoms with Crippen LogP contribution in [-0.4, -0.2) is 53.3 Å². The highest BCUT2D eigenvalue weighted by molar-refractivity contribution is 6.27. The number of rotatable bonds is 7. The number of benzene rings is 1. The predicted octanol–water partition coefficient (Wildman–Crippen LogP) is 3.43. The molecular weight excluding hydrogens is 334 g/mol. The van der Waals surface area contributed by atoms with Crippen molar-refractivity contribution in [1.82, 2.24) is 4.90 Å². The molecule has 1 heterocycles. The maximum Gasteiger partial charge on any atom is 0.414 e. The summed E-state index contributed by atoms with van der Waals surface area (Å²) in [5, 5.41) is 14.8. The lowest BCUT2D eigenvalue weighted by Gasteiger charge is -2.30. The third-order valence-corrected chi connectivity index (χ3v) is 4.47. The first-order valence-electron chi connectivity index (χ1n) is 9.26. The number of piperidine rings is 1. The molecule has 0 bridgehead atoms. The van der Waals surface area contributed by atoms with Gasteiger partial charge in [-0.3, -0.25) is 0 Å². The van der Waals surface area contributed by atoms with Gasteiger partial charge in [-0.1, -0.05) is 24.6 Å². The largest absolute Gasteiger partial charge is 0.494 e. The fourth-order valence-electron chi connectivity index (χ4n) is 2.72. The number of aryl methyl sites for hydroxylation is 1. The second kappa shape index (κ2) is 12.3. The van der Waals surface area contributed by atoms with Crippen molar-refractivity contribution in [2.45, 2.75) is 46.0 Å². The van der Waals surface area contributed by atoms with Gasteiger partial charge < -0.3 is 19.8 Å². The molecule has 1 saturated heterocycles. The lowest BCUT2D eigenvalue weighted by atomic mass is 9.99. The van der Waals surface area contributed by atoms with Gasteiger partial charge in [0.2, 0.25) is 0 Å². The topological polar surface area (TPSA) is 87.1 Å². The molecule has 1 fully saturated rings. The number of hydrogen-bond donors (Lipinski definition) is 2. The van der Waals surface area contributed by atoms with Crippen LogP contribution in [0, 0.1) is 12.8 Å². The standard InChI is InChI=1S/C18H29NO.C2H2O4/c1-16-6-8-18(9-7-16)20-15-5-3-4-12-19-13-10-17(2)11-14-19;3-1(4)2(5)6/h6-9,17H,3-5,10-15H2,1-2H3;(H,3,4)(H,5,6). The second-order valence-electron chi connectivity index (χ2n) is 6.86. The third-order valence-electron chi connectivity index (χ3n) is 4.47. The van der Waals surface area contributed by atoms with Crippen LogP contribution in [0.4, 0.5) is 0 Å². The summed E-state index contributed by atoms with van der Waals surface area (Å²) < 4.78 is 5.75. The molecule has 1 aromatic rings. The fourth-order valence-corrected chi connectivity index (χ4v) is 2.72. The van der Waals surface area contributed by atoms with Crippen LogP contribution in [0.15, 0.2) is 24.3 Å². The zero-order valence-electron chi connectivity index (χ0n) is 15.8. The zero-order valence-corrected chi connectivity index (χ0v) is 15.8. The average molecular weight is 365 g/mol. The molecular formula is C20H31NO5. The zero-order chi connectivity index (χ0) is 19.4. The van der Waals surface area contributed by atoms with Crippen LogP contribution in [0.2, 0.25) is 0 Å². The van der Waals surface area contributed by atoms with Gasteiger partial charge in [0.1, 0.15) is 5.75 Å². The molecule has 1 aromatic carbocycles. The molecule has 0 aromatic heterocycles. The van der Waals surface area contributed by atoms with Gasteiger partial charge in [-0.15, -0.1) is 0 Å². The van der Waals surface area contributed by atoms with Crippen LogP contribution in [0.1, 0.15) is 44.6 Å². The van der Waals surface area contributed by atoms with Gasteiger partial charge in [0.15, 0.2) is 0 Å². The van der Waals surface area contributed by atoms with Crippen molar-refractivity contribution in [2.24, 2.45) is 5.92 Å².